The SMILES string of the molecule is CCCCc1c(Cl)c2c(OC)c3c(c(O)c2c(=O)n1C)-c1c(O)cc(OC2=C(C(=O)OC)[C@H]4OC(C)(C)O[C@H]4C[C@@H]2O)c(OC)c1CC3. The molecule has 13 heteroatoms. The molecule has 0 spiro atoms. The van der Waals surface area contributed by atoms with Gasteiger partial charge in [-0.15, -0.1) is 0 Å². The van der Waals surface area contributed by atoms with E-state index in [1.807, 2.05) is 6.92 Å². The number of aliphatic hydroxyl groups excluding tert-OH is 1. The lowest BCUT2D eigenvalue weighted by molar-refractivity contribution is -0.147. The van der Waals surface area contributed by atoms with Crippen molar-refractivity contribution in [2.45, 2.75) is 83.4 Å². The third-order valence-electron chi connectivity index (χ3n) is 9.41. The molecular weight excluding hydrogens is 646 g/mol. The molecule has 1 saturated heterocycles. The fraction of sp³-hybridized carbons (Fsp3) is 0.486. The van der Waals surface area contributed by atoms with Crippen LogP contribution >= 0.6 is 11.6 Å². The smallest absolute Gasteiger partial charge is 0.340 e. The van der Waals surface area contributed by atoms with Gasteiger partial charge in [-0.25, -0.2) is 4.79 Å². The van der Waals surface area contributed by atoms with Gasteiger partial charge in [0.1, 0.15) is 40.8 Å². The summed E-state index contributed by atoms with van der Waals surface area (Å²) in [5, 5.41) is 35.2. The van der Waals surface area contributed by atoms with Crippen LogP contribution in [0.5, 0.6) is 28.7 Å². The number of esters is 1. The summed E-state index contributed by atoms with van der Waals surface area (Å²) in [4.78, 5) is 26.8. The number of aromatic nitrogens is 1. The number of fused-ring (bicyclic) bond motifs is 5. The van der Waals surface area contributed by atoms with Gasteiger partial charge < -0.3 is 48.3 Å². The van der Waals surface area contributed by atoms with Crippen molar-refractivity contribution in [1.29, 1.82) is 0 Å². The number of carbonyl (C=O) groups excluding carboxylic acids is 1. The number of phenols is 2. The van der Waals surface area contributed by atoms with Crippen LogP contribution in [0.2, 0.25) is 5.02 Å². The summed E-state index contributed by atoms with van der Waals surface area (Å²) in [6.45, 7) is 5.46. The Labute approximate surface area is 282 Å². The summed E-state index contributed by atoms with van der Waals surface area (Å²) in [5.74, 6) is -2.00. The highest BCUT2D eigenvalue weighted by Gasteiger charge is 2.51. The van der Waals surface area contributed by atoms with Gasteiger partial charge in [-0.05, 0) is 39.5 Å². The molecule has 1 aliphatic heterocycles. The number of hydrogen-bond donors (Lipinski definition) is 3. The number of unbranched alkanes of at least 4 members (excludes halogenated alkanes) is 1. The van der Waals surface area contributed by atoms with Gasteiger partial charge in [0.05, 0.1) is 43.2 Å². The molecule has 1 aromatic heterocycles. The number of nitrogens with zero attached hydrogens (tertiary/aromatic N) is 1. The average Bonchev–Trinajstić information content (AvgIpc) is 3.36. The Morgan fingerprint density at radius 3 is 2.35 bits per heavy atom. The van der Waals surface area contributed by atoms with Gasteiger partial charge in [0.25, 0.3) is 5.56 Å². The van der Waals surface area contributed by atoms with E-state index in [1.54, 1.807) is 20.9 Å². The highest BCUT2D eigenvalue weighted by molar-refractivity contribution is 6.37. The topological polar surface area (TPSA) is 155 Å². The molecule has 3 aromatic rings. The number of phenolic OH excluding ortho intramolecular Hbond substituents is 2. The second kappa shape index (κ2) is 12.5. The Morgan fingerprint density at radius 1 is 1.06 bits per heavy atom. The second-order valence-corrected chi connectivity index (χ2v) is 13.1. The van der Waals surface area contributed by atoms with Gasteiger partial charge in [-0.3, -0.25) is 4.79 Å². The highest BCUT2D eigenvalue weighted by Crippen LogP contribution is 2.56. The van der Waals surface area contributed by atoms with Crippen molar-refractivity contribution >= 4 is 28.3 Å². The molecule has 3 atom stereocenters. The molecule has 48 heavy (non-hydrogen) atoms. The van der Waals surface area contributed by atoms with E-state index in [0.717, 1.165) is 12.8 Å². The predicted molar refractivity (Wildman–Crippen MR) is 176 cm³/mol. The number of aromatic hydroxyl groups is 2. The Bertz CT molecular complexity index is 1930. The molecule has 2 heterocycles. The summed E-state index contributed by atoms with van der Waals surface area (Å²) in [6.07, 6.45) is 0.241. The molecule has 3 aliphatic rings. The van der Waals surface area contributed by atoms with Gasteiger partial charge in [0, 0.05) is 47.5 Å². The molecule has 0 bridgehead atoms. The average molecular weight is 686 g/mol. The predicted octanol–water partition coefficient (Wildman–Crippen LogP) is 4.82. The number of hydrogen-bond acceptors (Lipinski definition) is 11. The lowest BCUT2D eigenvalue weighted by Crippen LogP contribution is -2.41. The van der Waals surface area contributed by atoms with Gasteiger partial charge >= 0.3 is 5.97 Å². The number of rotatable bonds is 8. The molecule has 258 valence electrons. The van der Waals surface area contributed by atoms with E-state index in [4.69, 9.17) is 40.0 Å². The molecule has 0 radical (unpaired) electrons. The number of aliphatic hydroxyl groups is 1. The van der Waals surface area contributed by atoms with Crippen LogP contribution in [-0.2, 0) is 45.3 Å². The van der Waals surface area contributed by atoms with Crippen LogP contribution < -0.4 is 19.8 Å². The van der Waals surface area contributed by atoms with E-state index < -0.39 is 35.6 Å². The van der Waals surface area contributed by atoms with Crippen LogP contribution in [0, 0.1) is 0 Å². The van der Waals surface area contributed by atoms with Crippen LogP contribution in [0.25, 0.3) is 21.9 Å². The third-order valence-corrected chi connectivity index (χ3v) is 9.82. The van der Waals surface area contributed by atoms with Gasteiger partial charge in [-0.2, -0.15) is 0 Å². The lowest BCUT2D eigenvalue weighted by Gasteiger charge is -2.31. The summed E-state index contributed by atoms with van der Waals surface area (Å²) in [7, 11) is 5.72. The van der Waals surface area contributed by atoms with E-state index in [1.165, 1.54) is 32.0 Å². The van der Waals surface area contributed by atoms with Crippen LogP contribution in [0.3, 0.4) is 0 Å². The van der Waals surface area contributed by atoms with E-state index in [2.05, 4.69) is 0 Å². The number of benzene rings is 2. The fourth-order valence-corrected chi connectivity index (χ4v) is 7.73. The molecule has 1 fully saturated rings. The zero-order valence-corrected chi connectivity index (χ0v) is 28.7. The van der Waals surface area contributed by atoms with E-state index >= 15 is 0 Å². The fourth-order valence-electron chi connectivity index (χ4n) is 7.33. The Balaban J connectivity index is 1.56. The first kappa shape index (κ1) is 33.9. The first-order chi connectivity index (χ1) is 22.8. The minimum atomic E-state index is -1.27. The molecule has 0 unspecified atom stereocenters. The zero-order chi connectivity index (χ0) is 34.8. The molecule has 6 rings (SSSR count). The van der Waals surface area contributed by atoms with Crippen LogP contribution in [0.1, 0.15) is 56.9 Å². The molecular formula is C35H40ClNO11. The molecule has 0 amide bonds. The molecule has 2 aliphatic carbocycles. The number of pyridine rings is 1. The Hall–Kier alpha value is -3.97. The van der Waals surface area contributed by atoms with Crippen molar-refractivity contribution in [1.82, 2.24) is 4.57 Å². The summed E-state index contributed by atoms with van der Waals surface area (Å²) in [6, 6.07) is 1.28. The van der Waals surface area contributed by atoms with Crippen molar-refractivity contribution in [2.24, 2.45) is 7.05 Å². The minimum absolute atomic E-state index is 0.0102. The highest BCUT2D eigenvalue weighted by atomic mass is 35.5. The molecule has 12 nitrogen and oxygen atoms in total. The lowest BCUT2D eigenvalue weighted by atomic mass is 9.81. The third kappa shape index (κ3) is 5.17. The van der Waals surface area contributed by atoms with Gasteiger partial charge in [-0.1, -0.05) is 24.9 Å². The number of halogens is 1. The maximum atomic E-state index is 13.8. The van der Waals surface area contributed by atoms with E-state index in [9.17, 15) is 24.9 Å². The summed E-state index contributed by atoms with van der Waals surface area (Å²) >= 11 is 6.94. The second-order valence-electron chi connectivity index (χ2n) is 12.7. The van der Waals surface area contributed by atoms with Crippen molar-refractivity contribution < 1.29 is 48.5 Å². The van der Waals surface area contributed by atoms with Crippen LogP contribution in [0.4, 0.5) is 0 Å². The quantitative estimate of drug-likeness (QED) is 0.280. The monoisotopic (exact) mass is 685 g/mol. The molecule has 0 saturated carbocycles. The maximum Gasteiger partial charge on any atom is 0.340 e. The largest absolute Gasteiger partial charge is 0.507 e. The molecule has 2 aromatic carbocycles. The zero-order valence-electron chi connectivity index (χ0n) is 28.0. The summed E-state index contributed by atoms with van der Waals surface area (Å²) in [5.41, 5.74) is 1.64. The Morgan fingerprint density at radius 2 is 1.73 bits per heavy atom. The van der Waals surface area contributed by atoms with E-state index in [-0.39, 0.29) is 57.3 Å². The summed E-state index contributed by atoms with van der Waals surface area (Å²) < 4.78 is 36.3. The van der Waals surface area contributed by atoms with Crippen molar-refractivity contribution in [2.75, 3.05) is 21.3 Å². The first-order valence-corrected chi connectivity index (χ1v) is 16.3. The van der Waals surface area contributed by atoms with Crippen molar-refractivity contribution in [3.63, 3.8) is 0 Å². The minimum Gasteiger partial charge on any atom is -0.507 e. The number of carbonyl (C=O) groups is 1. The number of methoxy groups -OCH3 is 3. The first-order valence-electron chi connectivity index (χ1n) is 15.9. The maximum absolute atomic E-state index is 13.8. The number of ether oxygens (including phenoxy) is 6. The molecule has 3 N–H and O–H groups in total. The Kier molecular flexibility index (Phi) is 8.82. The normalized spacial score (nSPS) is 21.1. The van der Waals surface area contributed by atoms with Gasteiger partial charge in [0.15, 0.2) is 17.3 Å². The van der Waals surface area contributed by atoms with Crippen molar-refractivity contribution in [3.05, 3.63) is 49.6 Å². The van der Waals surface area contributed by atoms with Crippen molar-refractivity contribution in [3.8, 4) is 39.9 Å². The van der Waals surface area contributed by atoms with E-state index in [0.29, 0.717) is 52.2 Å². The van der Waals surface area contributed by atoms with Crippen LogP contribution in [0.15, 0.2) is 22.2 Å². The van der Waals surface area contributed by atoms with Crippen LogP contribution in [-0.4, -0.2) is 71.3 Å². The standard InChI is InChI=1S/C35H40ClNO11/c1-8-9-10-17-27(36)24-25(33(41)37(17)4)28(40)23-16(30(24)44-6)12-11-15-22(23)18(38)13-20(29(15)43-5)46-31-19(39)14-21-32(26(31)34(42)45-7)48-35(2,3)47-21/h13,19,21,32,38-40H,8-12,14H2,1-7H3/t19-,21-,32-/m0/s1. The van der Waals surface area contributed by atoms with Gasteiger partial charge in [0.2, 0.25) is 0 Å².